The third-order valence-electron chi connectivity index (χ3n) is 3.35. The highest BCUT2D eigenvalue weighted by Crippen LogP contribution is 2.15. The van der Waals surface area contributed by atoms with Gasteiger partial charge in [-0.25, -0.2) is 8.42 Å². The Labute approximate surface area is 143 Å². The normalized spacial score (nSPS) is 11.2. The molecule has 6 heteroatoms. The molecule has 2 aromatic rings. The lowest BCUT2D eigenvalue weighted by atomic mass is 10.0. The number of halogens is 1. The second-order valence-electron chi connectivity index (χ2n) is 5.15. The zero-order valence-electron chi connectivity index (χ0n) is 12.5. The van der Waals surface area contributed by atoms with Gasteiger partial charge in [-0.3, -0.25) is 9.59 Å². The maximum absolute atomic E-state index is 12.1. The van der Waals surface area contributed by atoms with Crippen molar-refractivity contribution in [2.75, 3.05) is 6.26 Å². The molecule has 0 N–H and O–H groups in total. The number of rotatable bonds is 6. The van der Waals surface area contributed by atoms with Crippen LogP contribution in [0.3, 0.4) is 0 Å². The molecule has 0 aliphatic heterocycles. The summed E-state index contributed by atoms with van der Waals surface area (Å²) in [5, 5.41) is 0. The summed E-state index contributed by atoms with van der Waals surface area (Å²) < 4.78 is 23.6. The Hall–Kier alpha value is -1.79. The molecule has 0 amide bonds. The van der Waals surface area contributed by atoms with Gasteiger partial charge in [0.1, 0.15) is 0 Å². The third kappa shape index (κ3) is 4.84. The maximum atomic E-state index is 12.1. The fourth-order valence-electron chi connectivity index (χ4n) is 2.04. The lowest BCUT2D eigenvalue weighted by Crippen LogP contribution is -2.06. The molecular formula is C17H15BrO4S. The molecule has 0 aliphatic rings. The van der Waals surface area contributed by atoms with Crippen molar-refractivity contribution in [3.8, 4) is 0 Å². The summed E-state index contributed by atoms with van der Waals surface area (Å²) in [5.74, 6) is -0.283. The van der Waals surface area contributed by atoms with Crippen LogP contribution in [-0.4, -0.2) is 26.2 Å². The fraction of sp³-hybridized carbons (Fsp3) is 0.176. The van der Waals surface area contributed by atoms with Gasteiger partial charge in [-0.2, -0.15) is 0 Å². The molecule has 0 atom stereocenters. The number of hydrogen-bond acceptors (Lipinski definition) is 4. The van der Waals surface area contributed by atoms with Crippen molar-refractivity contribution in [1.29, 1.82) is 0 Å². The summed E-state index contributed by atoms with van der Waals surface area (Å²) in [5.41, 5.74) is 0.967. The number of sulfone groups is 1. The summed E-state index contributed by atoms with van der Waals surface area (Å²) >= 11 is 3.30. The molecule has 23 heavy (non-hydrogen) atoms. The van der Waals surface area contributed by atoms with E-state index in [1.54, 1.807) is 24.3 Å². The van der Waals surface area contributed by atoms with Crippen molar-refractivity contribution in [2.45, 2.75) is 17.7 Å². The molecule has 0 bridgehead atoms. The molecule has 0 radical (unpaired) electrons. The Morgan fingerprint density at radius 3 is 1.61 bits per heavy atom. The highest BCUT2D eigenvalue weighted by Gasteiger charge is 2.12. The summed E-state index contributed by atoms with van der Waals surface area (Å²) in [7, 11) is -3.28. The Morgan fingerprint density at radius 2 is 1.22 bits per heavy atom. The Kier molecular flexibility index (Phi) is 5.49. The summed E-state index contributed by atoms with van der Waals surface area (Å²) in [4.78, 5) is 24.3. The van der Waals surface area contributed by atoms with E-state index in [0.29, 0.717) is 11.1 Å². The van der Waals surface area contributed by atoms with E-state index in [1.807, 2.05) is 0 Å². The Morgan fingerprint density at radius 1 is 0.826 bits per heavy atom. The molecule has 0 aromatic heterocycles. The van der Waals surface area contributed by atoms with Gasteiger partial charge in [-0.1, -0.05) is 40.2 Å². The van der Waals surface area contributed by atoms with Crippen molar-refractivity contribution in [3.05, 3.63) is 64.1 Å². The van der Waals surface area contributed by atoms with Crippen LogP contribution < -0.4 is 0 Å². The standard InChI is InChI=1S/C17H15BrO4S/c1-23(21,22)15-8-4-13(5-9-15)17(20)11-10-16(19)12-2-6-14(18)7-3-12/h2-9H,10-11H2,1H3. The Balaban J connectivity index is 1.99. The zero-order valence-corrected chi connectivity index (χ0v) is 14.9. The summed E-state index contributed by atoms with van der Waals surface area (Å²) in [6, 6.07) is 12.7. The lowest BCUT2D eigenvalue weighted by molar-refractivity contribution is 0.0917. The van der Waals surface area contributed by atoms with Gasteiger partial charge in [0.15, 0.2) is 21.4 Å². The number of Topliss-reactive ketones (excluding diaryl/α,β-unsaturated/α-hetero) is 2. The van der Waals surface area contributed by atoms with E-state index in [4.69, 9.17) is 0 Å². The molecular weight excluding hydrogens is 380 g/mol. The predicted molar refractivity (Wildman–Crippen MR) is 91.6 cm³/mol. The van der Waals surface area contributed by atoms with Crippen LogP contribution in [0.1, 0.15) is 33.6 Å². The average molecular weight is 395 g/mol. The molecule has 2 aromatic carbocycles. The summed E-state index contributed by atoms with van der Waals surface area (Å²) in [6.45, 7) is 0. The van der Waals surface area contributed by atoms with Crippen LogP contribution in [-0.2, 0) is 9.84 Å². The topological polar surface area (TPSA) is 68.3 Å². The monoisotopic (exact) mass is 394 g/mol. The molecule has 120 valence electrons. The molecule has 2 rings (SSSR count). The van der Waals surface area contributed by atoms with Gasteiger partial charge >= 0.3 is 0 Å². The first-order valence-corrected chi connectivity index (χ1v) is 9.58. The Bertz CT molecular complexity index is 822. The number of carbonyl (C=O) groups is 2. The van der Waals surface area contributed by atoms with Crippen LogP contribution in [0.25, 0.3) is 0 Å². The first kappa shape index (κ1) is 17.6. The van der Waals surface area contributed by atoms with Crippen LogP contribution in [0.4, 0.5) is 0 Å². The number of carbonyl (C=O) groups excluding carboxylic acids is 2. The lowest BCUT2D eigenvalue weighted by Gasteiger charge is -2.03. The zero-order chi connectivity index (χ0) is 17.0. The maximum Gasteiger partial charge on any atom is 0.175 e. The van der Waals surface area contributed by atoms with Gasteiger partial charge in [0, 0.05) is 34.7 Å². The van der Waals surface area contributed by atoms with Gasteiger partial charge in [0.25, 0.3) is 0 Å². The molecule has 0 unspecified atom stereocenters. The largest absolute Gasteiger partial charge is 0.294 e. The van der Waals surface area contributed by atoms with Crippen molar-refractivity contribution in [3.63, 3.8) is 0 Å². The molecule has 0 fully saturated rings. The number of benzene rings is 2. The summed E-state index contributed by atoms with van der Waals surface area (Å²) in [6.07, 6.45) is 1.32. The molecule has 0 aliphatic carbocycles. The van der Waals surface area contributed by atoms with E-state index >= 15 is 0 Å². The van der Waals surface area contributed by atoms with E-state index in [9.17, 15) is 18.0 Å². The average Bonchev–Trinajstić information content (AvgIpc) is 2.52. The fourth-order valence-corrected chi connectivity index (χ4v) is 2.93. The number of hydrogen-bond donors (Lipinski definition) is 0. The van der Waals surface area contributed by atoms with Gasteiger partial charge in [0.05, 0.1) is 4.90 Å². The van der Waals surface area contributed by atoms with Gasteiger partial charge in [-0.15, -0.1) is 0 Å². The minimum atomic E-state index is -3.28. The third-order valence-corrected chi connectivity index (χ3v) is 5.01. The smallest absolute Gasteiger partial charge is 0.175 e. The molecule has 0 spiro atoms. The van der Waals surface area contributed by atoms with Crippen LogP contribution >= 0.6 is 15.9 Å². The molecule has 0 saturated heterocycles. The van der Waals surface area contributed by atoms with Crippen LogP contribution in [0, 0.1) is 0 Å². The first-order valence-electron chi connectivity index (χ1n) is 6.89. The first-order chi connectivity index (χ1) is 10.8. The van der Waals surface area contributed by atoms with Gasteiger partial charge < -0.3 is 0 Å². The second kappa shape index (κ2) is 7.19. The van der Waals surface area contributed by atoms with Gasteiger partial charge in [-0.05, 0) is 24.3 Å². The van der Waals surface area contributed by atoms with E-state index < -0.39 is 9.84 Å². The quantitative estimate of drug-likeness (QED) is 0.700. The minimum absolute atomic E-state index is 0.0904. The number of ketones is 2. The van der Waals surface area contributed by atoms with E-state index in [1.165, 1.54) is 24.3 Å². The van der Waals surface area contributed by atoms with Crippen LogP contribution in [0.2, 0.25) is 0 Å². The minimum Gasteiger partial charge on any atom is -0.294 e. The van der Waals surface area contributed by atoms with Gasteiger partial charge in [0.2, 0.25) is 0 Å². The van der Waals surface area contributed by atoms with E-state index in [2.05, 4.69) is 15.9 Å². The predicted octanol–water partition coefficient (Wildman–Crippen LogP) is 3.70. The molecule has 0 heterocycles. The van der Waals surface area contributed by atoms with Crippen LogP contribution in [0.15, 0.2) is 57.9 Å². The highest BCUT2D eigenvalue weighted by molar-refractivity contribution is 9.10. The van der Waals surface area contributed by atoms with Crippen molar-refractivity contribution in [2.24, 2.45) is 0 Å². The highest BCUT2D eigenvalue weighted by atomic mass is 79.9. The SMILES string of the molecule is CS(=O)(=O)c1ccc(C(=O)CCC(=O)c2ccc(Br)cc2)cc1. The van der Waals surface area contributed by atoms with Crippen molar-refractivity contribution < 1.29 is 18.0 Å². The van der Waals surface area contributed by atoms with Crippen molar-refractivity contribution in [1.82, 2.24) is 0 Å². The van der Waals surface area contributed by atoms with Crippen molar-refractivity contribution >= 4 is 37.3 Å². The van der Waals surface area contributed by atoms with E-state index in [0.717, 1.165) is 10.7 Å². The second-order valence-corrected chi connectivity index (χ2v) is 8.08. The molecule has 4 nitrogen and oxygen atoms in total. The van der Waals surface area contributed by atoms with E-state index in [-0.39, 0.29) is 29.3 Å². The van der Waals surface area contributed by atoms with Crippen LogP contribution in [0.5, 0.6) is 0 Å². The molecule has 0 saturated carbocycles.